The molecule has 0 radical (unpaired) electrons. The molecule has 2 aliphatic heterocycles. The summed E-state index contributed by atoms with van der Waals surface area (Å²) in [6.07, 6.45) is -4.76. The highest BCUT2D eigenvalue weighted by atomic mass is 32.2. The standard InChI is InChI=1S/C17H12F3N5O5S2/c18-17(19,20)10-2-3-11(13(8-10)25(27)28)21-22-15(26)9-1-4-12-14(7-9)31-16-23-32(29,30)6-5-24(12)16/h1-4,7-8,21H,5-6H2,(H,22,26). The highest BCUT2D eigenvalue weighted by Gasteiger charge is 2.34. The van der Waals surface area contributed by atoms with Crippen molar-refractivity contribution in [1.82, 2.24) is 5.43 Å². The summed E-state index contributed by atoms with van der Waals surface area (Å²) in [6, 6.07) is 6.42. The number of amides is 1. The summed E-state index contributed by atoms with van der Waals surface area (Å²) in [5, 5.41) is 11.4. The van der Waals surface area contributed by atoms with Gasteiger partial charge in [0, 0.05) is 23.1 Å². The van der Waals surface area contributed by atoms with Crippen LogP contribution in [0.2, 0.25) is 0 Å². The molecule has 0 atom stereocenters. The lowest BCUT2D eigenvalue weighted by Crippen LogP contribution is -2.35. The summed E-state index contributed by atoms with van der Waals surface area (Å²) in [5.41, 5.74) is 2.92. The van der Waals surface area contributed by atoms with Crippen LogP contribution in [0.25, 0.3) is 0 Å². The molecule has 15 heteroatoms. The first-order valence-electron chi connectivity index (χ1n) is 8.79. The first-order chi connectivity index (χ1) is 14.9. The molecule has 32 heavy (non-hydrogen) atoms. The van der Waals surface area contributed by atoms with Gasteiger partial charge in [-0.3, -0.25) is 25.8 Å². The highest BCUT2D eigenvalue weighted by Crippen LogP contribution is 2.42. The number of nitro benzene ring substituents is 1. The van der Waals surface area contributed by atoms with Crippen LogP contribution in [-0.4, -0.2) is 36.7 Å². The third-order valence-corrected chi connectivity index (χ3v) is 6.87. The second kappa shape index (κ2) is 7.67. The molecule has 0 unspecified atom stereocenters. The monoisotopic (exact) mass is 487 g/mol. The van der Waals surface area contributed by atoms with Gasteiger partial charge in [0.25, 0.3) is 21.6 Å². The molecule has 0 aromatic heterocycles. The fraction of sp³-hybridized carbons (Fsp3) is 0.176. The Bertz CT molecular complexity index is 1280. The number of thioether (sulfide) groups is 1. The topological polar surface area (TPSA) is 134 Å². The molecule has 2 heterocycles. The van der Waals surface area contributed by atoms with Crippen molar-refractivity contribution in [3.63, 3.8) is 0 Å². The molecule has 2 N–H and O–H groups in total. The van der Waals surface area contributed by atoms with Crippen LogP contribution in [0.15, 0.2) is 45.7 Å². The van der Waals surface area contributed by atoms with E-state index in [2.05, 4.69) is 15.2 Å². The number of carbonyl (C=O) groups is 1. The van der Waals surface area contributed by atoms with Crippen molar-refractivity contribution < 1.29 is 31.3 Å². The van der Waals surface area contributed by atoms with Crippen LogP contribution >= 0.6 is 11.8 Å². The predicted molar refractivity (Wildman–Crippen MR) is 110 cm³/mol. The zero-order chi connectivity index (χ0) is 23.3. The van der Waals surface area contributed by atoms with E-state index in [9.17, 15) is 36.5 Å². The Morgan fingerprint density at radius 3 is 2.66 bits per heavy atom. The maximum atomic E-state index is 12.8. The maximum absolute atomic E-state index is 12.8. The minimum atomic E-state index is -4.76. The van der Waals surface area contributed by atoms with Gasteiger partial charge in [-0.2, -0.15) is 13.2 Å². The summed E-state index contributed by atoms with van der Waals surface area (Å²) in [6.45, 7) is 0.228. The van der Waals surface area contributed by atoms with E-state index in [-0.39, 0.29) is 28.7 Å². The quantitative estimate of drug-likeness (QED) is 0.497. The van der Waals surface area contributed by atoms with Gasteiger partial charge in [0.15, 0.2) is 5.17 Å². The van der Waals surface area contributed by atoms with E-state index in [4.69, 9.17) is 0 Å². The summed E-state index contributed by atoms with van der Waals surface area (Å²) >= 11 is 1.08. The Balaban J connectivity index is 1.52. The highest BCUT2D eigenvalue weighted by molar-refractivity contribution is 8.15. The number of hydrogen-bond donors (Lipinski definition) is 2. The van der Waals surface area contributed by atoms with E-state index in [1.165, 1.54) is 12.1 Å². The number of hydrazine groups is 1. The molecular formula is C17H12F3N5O5S2. The van der Waals surface area contributed by atoms with Crippen LogP contribution in [0, 0.1) is 10.1 Å². The van der Waals surface area contributed by atoms with E-state index in [0.29, 0.717) is 22.7 Å². The molecule has 168 valence electrons. The maximum Gasteiger partial charge on any atom is 0.416 e. The average Bonchev–Trinajstić information content (AvgIpc) is 3.06. The number of hydrogen-bond acceptors (Lipinski definition) is 8. The Morgan fingerprint density at radius 1 is 1.22 bits per heavy atom. The molecule has 0 saturated carbocycles. The number of fused-ring (bicyclic) bond motifs is 3. The Kier molecular flexibility index (Phi) is 5.24. The minimum Gasteiger partial charge on any atom is -0.318 e. The third kappa shape index (κ3) is 4.20. The van der Waals surface area contributed by atoms with Crippen LogP contribution in [0.4, 0.5) is 30.2 Å². The van der Waals surface area contributed by atoms with E-state index in [1.807, 2.05) is 0 Å². The van der Waals surface area contributed by atoms with Crippen LogP contribution in [0.5, 0.6) is 0 Å². The summed E-state index contributed by atoms with van der Waals surface area (Å²) < 4.78 is 65.5. The number of nitro groups is 1. The van der Waals surface area contributed by atoms with Gasteiger partial charge in [-0.25, -0.2) is 8.42 Å². The van der Waals surface area contributed by atoms with Crippen LogP contribution in [0.1, 0.15) is 15.9 Å². The summed E-state index contributed by atoms with van der Waals surface area (Å²) in [4.78, 5) is 24.9. The molecule has 0 spiro atoms. The first kappa shape index (κ1) is 21.9. The number of nitrogens with zero attached hydrogens (tertiary/aromatic N) is 3. The summed E-state index contributed by atoms with van der Waals surface area (Å²) in [7, 11) is -3.53. The van der Waals surface area contributed by atoms with Gasteiger partial charge in [-0.15, -0.1) is 4.40 Å². The van der Waals surface area contributed by atoms with Crippen molar-refractivity contribution in [1.29, 1.82) is 0 Å². The molecular weight excluding hydrogens is 475 g/mol. The van der Waals surface area contributed by atoms with E-state index >= 15 is 0 Å². The first-order valence-corrected chi connectivity index (χ1v) is 11.2. The molecule has 4 rings (SSSR count). The SMILES string of the molecule is O=C(NNc1ccc(C(F)(F)F)cc1[N+](=O)[O-])c1ccc2c(c1)SC1=NS(=O)(=O)CCN12. The van der Waals surface area contributed by atoms with Crippen molar-refractivity contribution in [2.24, 2.45) is 4.40 Å². The molecule has 2 aliphatic rings. The molecule has 2 aromatic carbocycles. The van der Waals surface area contributed by atoms with Gasteiger partial charge < -0.3 is 4.90 Å². The van der Waals surface area contributed by atoms with Crippen molar-refractivity contribution in [2.45, 2.75) is 11.1 Å². The number of halogens is 3. The molecule has 0 fully saturated rings. The van der Waals surface area contributed by atoms with Gasteiger partial charge in [0.2, 0.25) is 0 Å². The number of carbonyl (C=O) groups excluding carboxylic acids is 1. The van der Waals surface area contributed by atoms with Gasteiger partial charge in [-0.05, 0) is 42.1 Å². The number of amidine groups is 1. The molecule has 0 aliphatic carbocycles. The van der Waals surface area contributed by atoms with E-state index < -0.39 is 38.3 Å². The van der Waals surface area contributed by atoms with Gasteiger partial charge in [0.1, 0.15) is 5.69 Å². The van der Waals surface area contributed by atoms with E-state index in [1.54, 1.807) is 11.0 Å². The number of alkyl halides is 3. The fourth-order valence-electron chi connectivity index (χ4n) is 3.03. The van der Waals surface area contributed by atoms with Crippen molar-refractivity contribution in [2.75, 3.05) is 22.6 Å². The van der Waals surface area contributed by atoms with Crippen LogP contribution < -0.4 is 15.8 Å². The Morgan fingerprint density at radius 2 is 1.97 bits per heavy atom. The average molecular weight is 487 g/mol. The third-order valence-electron chi connectivity index (χ3n) is 4.57. The number of anilines is 2. The lowest BCUT2D eigenvalue weighted by molar-refractivity contribution is -0.384. The minimum absolute atomic E-state index is 0.130. The second-order valence-corrected chi connectivity index (χ2v) is 9.43. The van der Waals surface area contributed by atoms with Gasteiger partial charge in [-0.1, -0.05) is 0 Å². The summed E-state index contributed by atoms with van der Waals surface area (Å²) in [5.74, 6) is -0.837. The largest absolute Gasteiger partial charge is 0.416 e. The predicted octanol–water partition coefficient (Wildman–Crippen LogP) is 2.98. The van der Waals surface area contributed by atoms with Gasteiger partial charge >= 0.3 is 6.18 Å². The number of rotatable bonds is 4. The normalized spacial score (nSPS) is 16.6. The van der Waals surface area contributed by atoms with Gasteiger partial charge in [0.05, 0.1) is 21.9 Å². The number of benzene rings is 2. The zero-order valence-corrected chi connectivity index (χ0v) is 17.3. The smallest absolute Gasteiger partial charge is 0.318 e. The van der Waals surface area contributed by atoms with Crippen molar-refractivity contribution in [3.05, 3.63) is 57.6 Å². The molecule has 10 nitrogen and oxygen atoms in total. The molecule has 1 amide bonds. The lowest BCUT2D eigenvalue weighted by atomic mass is 10.1. The van der Waals surface area contributed by atoms with Crippen LogP contribution in [-0.2, 0) is 16.2 Å². The van der Waals surface area contributed by atoms with Crippen LogP contribution in [0.3, 0.4) is 0 Å². The Hall–Kier alpha value is -3.33. The molecule has 0 saturated heterocycles. The number of nitrogens with one attached hydrogen (secondary N) is 2. The lowest BCUT2D eigenvalue weighted by Gasteiger charge is -2.22. The second-order valence-electron chi connectivity index (χ2n) is 6.66. The van der Waals surface area contributed by atoms with Crippen molar-refractivity contribution in [3.8, 4) is 0 Å². The number of sulfonamides is 1. The fourth-order valence-corrected chi connectivity index (χ4v) is 5.33. The van der Waals surface area contributed by atoms with Crippen molar-refractivity contribution >= 4 is 49.9 Å². The van der Waals surface area contributed by atoms with E-state index in [0.717, 1.165) is 17.8 Å². The molecule has 0 bridgehead atoms. The molecule has 2 aromatic rings. The zero-order valence-electron chi connectivity index (χ0n) is 15.7. The Labute approximate surface area is 182 Å².